The number of hydrogen-bond donors (Lipinski definition) is 4. The van der Waals surface area contributed by atoms with Gasteiger partial charge in [-0.2, -0.15) is 0 Å². The number of fused-ring (bicyclic) bond motifs is 5. The predicted octanol–water partition coefficient (Wildman–Crippen LogP) is 3.92. The summed E-state index contributed by atoms with van der Waals surface area (Å²) in [5.41, 5.74) is -3.48. The Morgan fingerprint density at radius 3 is 2.35 bits per heavy atom. The summed E-state index contributed by atoms with van der Waals surface area (Å²) in [5.74, 6) is -4.06. The van der Waals surface area contributed by atoms with Crippen molar-refractivity contribution in [2.45, 2.75) is 96.1 Å². The molecule has 5 rings (SSSR count). The number of aliphatic hydroxyl groups excluding tert-OH is 1. The second-order valence-electron chi connectivity index (χ2n) is 13.3. The van der Waals surface area contributed by atoms with E-state index in [0.717, 1.165) is 18.4 Å². The minimum atomic E-state index is -1.92. The number of carbonyl (C=O) groups excluding carboxylic acids is 2. The van der Waals surface area contributed by atoms with Gasteiger partial charge in [0.25, 0.3) is 0 Å². The summed E-state index contributed by atoms with van der Waals surface area (Å²) >= 11 is 0. The molecule has 0 aliphatic heterocycles. The highest BCUT2D eigenvalue weighted by atomic mass is 16.6. The Morgan fingerprint density at radius 2 is 1.73 bits per heavy atom. The zero-order valence-electron chi connectivity index (χ0n) is 24.3. The fraction of sp³-hybridized carbons (Fsp3) is 0.636. The number of esters is 1. The van der Waals surface area contributed by atoms with Gasteiger partial charge >= 0.3 is 5.97 Å². The van der Waals surface area contributed by atoms with Gasteiger partial charge in [0.1, 0.15) is 17.3 Å². The van der Waals surface area contributed by atoms with Crippen molar-refractivity contribution in [3.8, 4) is 0 Å². The molecule has 1 aromatic carbocycles. The van der Waals surface area contributed by atoms with Crippen LogP contribution in [0.4, 0.5) is 0 Å². The Bertz CT molecular complexity index is 1250. The van der Waals surface area contributed by atoms with Gasteiger partial charge in [0, 0.05) is 35.5 Å². The minimum Gasteiger partial charge on any atom is -0.455 e. The van der Waals surface area contributed by atoms with Gasteiger partial charge in [-0.1, -0.05) is 71.2 Å². The second-order valence-corrected chi connectivity index (χ2v) is 13.3. The van der Waals surface area contributed by atoms with Crippen LogP contribution in [0, 0.1) is 29.1 Å². The highest BCUT2D eigenvalue weighted by Crippen LogP contribution is 2.75. The van der Waals surface area contributed by atoms with Gasteiger partial charge < -0.3 is 25.2 Å². The lowest BCUT2D eigenvalue weighted by molar-refractivity contribution is -0.209. The van der Waals surface area contributed by atoms with Gasteiger partial charge in [0.2, 0.25) is 0 Å². The normalized spacial score (nSPS) is 39.3. The van der Waals surface area contributed by atoms with Crippen LogP contribution in [0.5, 0.6) is 0 Å². The van der Waals surface area contributed by atoms with Gasteiger partial charge in [-0.15, -0.1) is 0 Å². The van der Waals surface area contributed by atoms with E-state index in [4.69, 9.17) is 4.74 Å². The standard InChI is InChI=1S/C33H44O7/c1-6-7-8-9-10-21-11-13-23(14-12-21)29(36)40-28-20(3)32(38)24(26-30(4,5)33(26,28)39)16-22(18-34)17-31(37)25(32)15-19(2)27(31)35/h11-16,20,24-26,28,34,37-39H,6-10,17-18H2,1-5H3/t20-,24+,25-,26+,28-,31-,32-,33-/m1/s1. The number of hydrogen-bond acceptors (Lipinski definition) is 7. The largest absolute Gasteiger partial charge is 0.455 e. The Morgan fingerprint density at radius 1 is 1.05 bits per heavy atom. The molecule has 8 atom stereocenters. The summed E-state index contributed by atoms with van der Waals surface area (Å²) in [7, 11) is 0. The maximum atomic E-state index is 13.4. The molecule has 7 heteroatoms. The molecule has 4 aliphatic carbocycles. The molecule has 2 fully saturated rings. The zero-order valence-corrected chi connectivity index (χ0v) is 24.3. The maximum absolute atomic E-state index is 13.4. The lowest BCUT2D eigenvalue weighted by Gasteiger charge is -2.52. The van der Waals surface area contributed by atoms with Crippen molar-refractivity contribution in [3.05, 3.63) is 58.7 Å². The number of aryl methyl sites for hydroxylation is 1. The van der Waals surface area contributed by atoms with Crippen LogP contribution in [-0.2, 0) is 16.0 Å². The average Bonchev–Trinajstić information content (AvgIpc) is 3.32. The number of ketones is 1. The van der Waals surface area contributed by atoms with Crippen molar-refractivity contribution in [2.24, 2.45) is 29.1 Å². The number of benzene rings is 1. The number of Topliss-reactive ketones (excluding diaryl/α,β-unsaturated/α-hetero) is 1. The SMILES string of the molecule is CCCCCCc1ccc(C(=O)O[C@@H]2[C@@H](C)[C@@]3(O)[C@@H](C=C(CO)C[C@]4(O)C(=O)C(C)=C[C@@H]34)[C@H]3C(C)(C)[C@]23O)cc1. The van der Waals surface area contributed by atoms with Crippen LogP contribution >= 0.6 is 0 Å². The molecular weight excluding hydrogens is 508 g/mol. The van der Waals surface area contributed by atoms with E-state index in [2.05, 4.69) is 6.92 Å². The molecule has 0 spiro atoms. The highest BCUT2D eigenvalue weighted by Gasteiger charge is 2.85. The average molecular weight is 553 g/mol. The van der Waals surface area contributed by atoms with Crippen molar-refractivity contribution >= 4 is 11.8 Å². The molecule has 0 amide bonds. The number of unbranched alkanes of at least 4 members (excludes halogenated alkanes) is 3. The molecule has 7 nitrogen and oxygen atoms in total. The fourth-order valence-corrected chi connectivity index (χ4v) is 8.35. The molecule has 4 aliphatic rings. The molecule has 0 unspecified atom stereocenters. The van der Waals surface area contributed by atoms with Crippen LogP contribution in [0.25, 0.3) is 0 Å². The number of aliphatic hydroxyl groups is 4. The summed E-state index contributed by atoms with van der Waals surface area (Å²) in [5, 5.41) is 46.5. The van der Waals surface area contributed by atoms with Gasteiger partial charge in [0.05, 0.1) is 17.8 Å². The topological polar surface area (TPSA) is 124 Å². The molecular formula is C33H44O7. The van der Waals surface area contributed by atoms with Crippen molar-refractivity contribution in [2.75, 3.05) is 6.61 Å². The second kappa shape index (κ2) is 9.90. The van der Waals surface area contributed by atoms with E-state index < -0.39 is 63.7 Å². The molecule has 0 bridgehead atoms. The Balaban J connectivity index is 1.47. The van der Waals surface area contributed by atoms with E-state index in [-0.39, 0.29) is 13.0 Å². The number of rotatable bonds is 8. The van der Waals surface area contributed by atoms with E-state index in [0.29, 0.717) is 16.7 Å². The van der Waals surface area contributed by atoms with Crippen molar-refractivity contribution < 1.29 is 34.8 Å². The Labute approximate surface area is 236 Å². The third-order valence-corrected chi connectivity index (χ3v) is 10.7. The van der Waals surface area contributed by atoms with Gasteiger partial charge in [-0.05, 0) is 48.6 Å². The summed E-state index contributed by atoms with van der Waals surface area (Å²) in [6.45, 7) is 8.91. The molecule has 0 heterocycles. The van der Waals surface area contributed by atoms with Crippen LogP contribution < -0.4 is 0 Å². The minimum absolute atomic E-state index is 0.104. The third kappa shape index (κ3) is 3.99. The van der Waals surface area contributed by atoms with Gasteiger partial charge in [-0.25, -0.2) is 4.79 Å². The van der Waals surface area contributed by atoms with Crippen LogP contribution in [0.3, 0.4) is 0 Å². The van der Waals surface area contributed by atoms with E-state index in [9.17, 15) is 30.0 Å². The van der Waals surface area contributed by atoms with Crippen LogP contribution in [0.1, 0.15) is 82.6 Å². The number of ether oxygens (including phenoxy) is 1. The summed E-state index contributed by atoms with van der Waals surface area (Å²) in [6, 6.07) is 7.34. The maximum Gasteiger partial charge on any atom is 0.338 e. The molecule has 1 aromatic rings. The molecule has 0 aromatic heterocycles. The van der Waals surface area contributed by atoms with E-state index in [1.165, 1.54) is 19.3 Å². The first-order chi connectivity index (χ1) is 18.8. The monoisotopic (exact) mass is 552 g/mol. The van der Waals surface area contributed by atoms with Crippen LogP contribution in [0.2, 0.25) is 0 Å². The van der Waals surface area contributed by atoms with E-state index >= 15 is 0 Å². The Kier molecular flexibility index (Phi) is 7.22. The number of carbonyl (C=O) groups is 2. The quantitative estimate of drug-likeness (QED) is 0.219. The third-order valence-electron chi connectivity index (χ3n) is 10.7. The highest BCUT2D eigenvalue weighted by molar-refractivity contribution is 6.04. The first-order valence-electron chi connectivity index (χ1n) is 14.8. The molecule has 40 heavy (non-hydrogen) atoms. The van der Waals surface area contributed by atoms with Gasteiger partial charge in [-0.3, -0.25) is 4.79 Å². The first-order valence-corrected chi connectivity index (χ1v) is 14.8. The van der Waals surface area contributed by atoms with E-state index in [1.54, 1.807) is 38.1 Å². The van der Waals surface area contributed by atoms with Crippen molar-refractivity contribution in [1.82, 2.24) is 0 Å². The first kappa shape index (κ1) is 29.2. The lowest BCUT2D eigenvalue weighted by Crippen LogP contribution is -2.65. The summed E-state index contributed by atoms with van der Waals surface area (Å²) in [4.78, 5) is 26.6. The summed E-state index contributed by atoms with van der Waals surface area (Å²) < 4.78 is 6.07. The smallest absolute Gasteiger partial charge is 0.338 e. The molecule has 0 radical (unpaired) electrons. The molecule has 4 N–H and O–H groups in total. The van der Waals surface area contributed by atoms with Gasteiger partial charge in [0.15, 0.2) is 5.78 Å². The summed E-state index contributed by atoms with van der Waals surface area (Å²) in [6.07, 6.45) is 7.77. The van der Waals surface area contributed by atoms with Crippen molar-refractivity contribution in [1.29, 1.82) is 0 Å². The molecule has 0 saturated heterocycles. The van der Waals surface area contributed by atoms with Crippen LogP contribution in [0.15, 0.2) is 47.6 Å². The molecule has 2 saturated carbocycles. The van der Waals surface area contributed by atoms with E-state index in [1.807, 2.05) is 26.0 Å². The lowest BCUT2D eigenvalue weighted by atomic mass is 9.59. The molecule has 218 valence electrons. The fourth-order valence-electron chi connectivity index (χ4n) is 8.35. The predicted molar refractivity (Wildman–Crippen MR) is 150 cm³/mol. The van der Waals surface area contributed by atoms with Crippen molar-refractivity contribution in [3.63, 3.8) is 0 Å². The zero-order chi connectivity index (χ0) is 29.3. The Hall–Kier alpha value is -2.32. The van der Waals surface area contributed by atoms with Crippen LogP contribution in [-0.4, -0.2) is 61.7 Å².